The number of piperazine rings is 1. The molecule has 1 saturated heterocycles. The third kappa shape index (κ3) is 4.32. The van der Waals surface area contributed by atoms with E-state index < -0.39 is 0 Å². The first-order valence-corrected chi connectivity index (χ1v) is 8.99. The number of amides is 3. The molecule has 2 heterocycles. The van der Waals surface area contributed by atoms with Crippen LogP contribution >= 0.6 is 15.9 Å². The van der Waals surface area contributed by atoms with Gasteiger partial charge in [-0.3, -0.25) is 14.4 Å². The van der Waals surface area contributed by atoms with E-state index in [1.807, 2.05) is 6.07 Å². The van der Waals surface area contributed by atoms with Crippen LogP contribution in [-0.4, -0.2) is 60.2 Å². The lowest BCUT2D eigenvalue weighted by atomic mass is 10.2. The molecule has 2 aromatic rings. The third-order valence-corrected chi connectivity index (χ3v) is 4.57. The van der Waals surface area contributed by atoms with Crippen LogP contribution in [0.3, 0.4) is 0 Å². The molecule has 26 heavy (non-hydrogen) atoms. The predicted molar refractivity (Wildman–Crippen MR) is 97.7 cm³/mol. The highest BCUT2D eigenvalue weighted by Gasteiger charge is 2.26. The summed E-state index contributed by atoms with van der Waals surface area (Å²) in [6, 6.07) is 12.0. The largest absolute Gasteiger partial charge is 0.444 e. The molecule has 1 aliphatic heterocycles. The van der Waals surface area contributed by atoms with E-state index in [-0.39, 0.29) is 30.0 Å². The number of hydrogen-bond donors (Lipinski definition) is 1. The topological polar surface area (TPSA) is 82.9 Å². The lowest BCUT2D eigenvalue weighted by molar-refractivity contribution is -0.131. The molecule has 136 valence electrons. The van der Waals surface area contributed by atoms with Crippen molar-refractivity contribution in [1.29, 1.82) is 0 Å². The molecule has 0 saturated carbocycles. The van der Waals surface area contributed by atoms with Gasteiger partial charge in [0.2, 0.25) is 5.91 Å². The molecule has 0 aliphatic carbocycles. The Morgan fingerprint density at radius 1 is 0.962 bits per heavy atom. The first-order chi connectivity index (χ1) is 12.5. The highest BCUT2D eigenvalue weighted by Crippen LogP contribution is 2.16. The fourth-order valence-corrected chi connectivity index (χ4v) is 3.01. The van der Waals surface area contributed by atoms with Crippen LogP contribution in [0.5, 0.6) is 0 Å². The van der Waals surface area contributed by atoms with Crippen LogP contribution < -0.4 is 5.32 Å². The Morgan fingerprint density at radius 2 is 1.62 bits per heavy atom. The van der Waals surface area contributed by atoms with Gasteiger partial charge in [-0.25, -0.2) is 0 Å². The number of carbonyl (C=O) groups is 3. The fourth-order valence-electron chi connectivity index (χ4n) is 2.70. The quantitative estimate of drug-likeness (QED) is 0.818. The van der Waals surface area contributed by atoms with Gasteiger partial charge in [0, 0.05) is 31.7 Å². The molecule has 0 unspecified atom stereocenters. The number of carbonyl (C=O) groups excluding carboxylic acids is 3. The number of furan rings is 1. The van der Waals surface area contributed by atoms with Crippen LogP contribution in [-0.2, 0) is 4.79 Å². The Kier molecular flexibility index (Phi) is 5.72. The van der Waals surface area contributed by atoms with Gasteiger partial charge in [-0.15, -0.1) is 0 Å². The summed E-state index contributed by atoms with van der Waals surface area (Å²) < 4.78 is 5.78. The highest BCUT2D eigenvalue weighted by atomic mass is 79.9. The van der Waals surface area contributed by atoms with Crippen LogP contribution in [0.1, 0.15) is 20.9 Å². The molecular weight excluding hydrogens is 402 g/mol. The van der Waals surface area contributed by atoms with E-state index in [4.69, 9.17) is 4.42 Å². The lowest BCUT2D eigenvalue weighted by Gasteiger charge is -2.34. The average molecular weight is 420 g/mol. The highest BCUT2D eigenvalue weighted by molar-refractivity contribution is 9.10. The number of benzene rings is 1. The molecule has 1 aromatic heterocycles. The summed E-state index contributed by atoms with van der Waals surface area (Å²) in [5, 5.41) is 2.63. The van der Waals surface area contributed by atoms with Crippen molar-refractivity contribution in [2.24, 2.45) is 0 Å². The maximum Gasteiger partial charge on any atom is 0.289 e. The summed E-state index contributed by atoms with van der Waals surface area (Å²) in [7, 11) is 0. The number of nitrogens with zero attached hydrogens (tertiary/aromatic N) is 2. The van der Waals surface area contributed by atoms with Crippen LogP contribution in [0.15, 0.2) is 51.6 Å². The zero-order valence-corrected chi connectivity index (χ0v) is 15.6. The fraction of sp³-hybridized carbons (Fsp3) is 0.278. The molecule has 8 heteroatoms. The second-order valence-corrected chi connectivity index (χ2v) is 6.61. The average Bonchev–Trinajstić information content (AvgIpc) is 3.12. The Labute approximate surface area is 159 Å². The van der Waals surface area contributed by atoms with Crippen molar-refractivity contribution in [3.05, 3.63) is 58.5 Å². The number of rotatable bonds is 4. The van der Waals surface area contributed by atoms with Crippen molar-refractivity contribution in [3.63, 3.8) is 0 Å². The van der Waals surface area contributed by atoms with E-state index in [0.29, 0.717) is 36.4 Å². The van der Waals surface area contributed by atoms with E-state index in [1.165, 1.54) is 0 Å². The molecule has 1 N–H and O–H groups in total. The second kappa shape index (κ2) is 8.18. The normalized spacial score (nSPS) is 14.2. The molecule has 0 radical (unpaired) electrons. The Hall–Kier alpha value is -2.61. The summed E-state index contributed by atoms with van der Waals surface area (Å²) in [6.07, 6.45) is 0. The maximum atomic E-state index is 12.3. The van der Waals surface area contributed by atoms with Gasteiger partial charge in [0.25, 0.3) is 11.8 Å². The molecule has 1 aromatic carbocycles. The molecule has 3 rings (SSSR count). The van der Waals surface area contributed by atoms with Crippen LogP contribution in [0, 0.1) is 0 Å². The van der Waals surface area contributed by atoms with Gasteiger partial charge < -0.3 is 19.5 Å². The van der Waals surface area contributed by atoms with Gasteiger partial charge >= 0.3 is 0 Å². The number of halogens is 1. The van der Waals surface area contributed by atoms with Crippen LogP contribution in [0.4, 0.5) is 0 Å². The Balaban J connectivity index is 1.46. The van der Waals surface area contributed by atoms with Crippen LogP contribution in [0.25, 0.3) is 0 Å². The van der Waals surface area contributed by atoms with E-state index >= 15 is 0 Å². The van der Waals surface area contributed by atoms with Crippen molar-refractivity contribution < 1.29 is 18.8 Å². The minimum Gasteiger partial charge on any atom is -0.444 e. The van der Waals surface area contributed by atoms with Gasteiger partial charge in [-0.05, 0) is 40.2 Å². The first kappa shape index (κ1) is 18.2. The van der Waals surface area contributed by atoms with E-state index in [9.17, 15) is 14.4 Å². The zero-order chi connectivity index (χ0) is 18.5. The SMILES string of the molecule is O=C(NCC(=O)N1CCN(C(=O)c2ccc(Br)o2)CC1)c1ccccc1. The summed E-state index contributed by atoms with van der Waals surface area (Å²) in [5.74, 6) is -0.370. The Bertz CT molecular complexity index is 798. The third-order valence-electron chi connectivity index (χ3n) is 4.14. The van der Waals surface area contributed by atoms with E-state index in [0.717, 1.165) is 0 Å². The van der Waals surface area contributed by atoms with Crippen molar-refractivity contribution in [2.45, 2.75) is 0 Å². The summed E-state index contributed by atoms with van der Waals surface area (Å²) in [4.78, 5) is 39.9. The molecule has 1 fully saturated rings. The minimum absolute atomic E-state index is 0.0627. The Morgan fingerprint density at radius 3 is 2.23 bits per heavy atom. The summed E-state index contributed by atoms with van der Waals surface area (Å²) in [5.41, 5.74) is 0.514. The smallest absolute Gasteiger partial charge is 0.289 e. The zero-order valence-electron chi connectivity index (χ0n) is 14.0. The number of nitrogens with one attached hydrogen (secondary N) is 1. The molecule has 7 nitrogen and oxygen atoms in total. The molecule has 0 spiro atoms. The predicted octanol–water partition coefficient (Wildman–Crippen LogP) is 1.76. The van der Waals surface area contributed by atoms with E-state index in [1.54, 1.807) is 46.2 Å². The van der Waals surface area contributed by atoms with Gasteiger partial charge in [0.05, 0.1) is 6.54 Å². The van der Waals surface area contributed by atoms with Gasteiger partial charge in [0.1, 0.15) is 0 Å². The second-order valence-electron chi connectivity index (χ2n) is 5.83. The van der Waals surface area contributed by atoms with Gasteiger partial charge in [0.15, 0.2) is 10.4 Å². The van der Waals surface area contributed by atoms with Crippen molar-refractivity contribution in [3.8, 4) is 0 Å². The summed E-state index contributed by atoms with van der Waals surface area (Å²) >= 11 is 3.17. The molecular formula is C18H18BrN3O4. The van der Waals surface area contributed by atoms with Gasteiger partial charge in [-0.1, -0.05) is 18.2 Å². The molecule has 3 amide bonds. The first-order valence-electron chi connectivity index (χ1n) is 8.20. The molecule has 0 atom stereocenters. The summed E-state index contributed by atoms with van der Waals surface area (Å²) in [6.45, 7) is 1.64. The number of hydrogen-bond acceptors (Lipinski definition) is 4. The van der Waals surface area contributed by atoms with E-state index in [2.05, 4.69) is 21.2 Å². The van der Waals surface area contributed by atoms with Crippen molar-refractivity contribution in [2.75, 3.05) is 32.7 Å². The molecule has 1 aliphatic rings. The minimum atomic E-state index is -0.281. The van der Waals surface area contributed by atoms with Crippen molar-refractivity contribution in [1.82, 2.24) is 15.1 Å². The van der Waals surface area contributed by atoms with Gasteiger partial charge in [-0.2, -0.15) is 0 Å². The maximum absolute atomic E-state index is 12.3. The monoisotopic (exact) mass is 419 g/mol. The molecule has 0 bridgehead atoms. The van der Waals surface area contributed by atoms with Crippen molar-refractivity contribution >= 4 is 33.7 Å². The lowest BCUT2D eigenvalue weighted by Crippen LogP contribution is -2.52. The standard InChI is InChI=1S/C18H18BrN3O4/c19-15-7-6-14(26-15)18(25)22-10-8-21(9-11-22)16(23)12-20-17(24)13-4-2-1-3-5-13/h1-7H,8-12H2,(H,20,24). The van der Waals surface area contributed by atoms with Crippen LogP contribution in [0.2, 0.25) is 0 Å².